The fourth-order valence-electron chi connectivity index (χ4n) is 2.02. The molecule has 1 amide bonds. The molecule has 4 nitrogen and oxygen atoms in total. The van der Waals surface area contributed by atoms with E-state index in [0.29, 0.717) is 22.3 Å². The third-order valence-corrected chi connectivity index (χ3v) is 3.80. The minimum Gasteiger partial charge on any atom is -0.496 e. The summed E-state index contributed by atoms with van der Waals surface area (Å²) in [6, 6.07) is 12.4. The van der Waals surface area contributed by atoms with Gasteiger partial charge in [-0.15, -0.1) is 0 Å². The van der Waals surface area contributed by atoms with Crippen LogP contribution < -0.4 is 9.47 Å². The largest absolute Gasteiger partial charge is 0.496 e. The zero-order valence-corrected chi connectivity index (χ0v) is 14.4. The molecule has 2 aromatic rings. The number of rotatable bonds is 6. The second-order valence-corrected chi connectivity index (χ2v) is 5.77. The first-order chi connectivity index (χ1) is 11.0. The van der Waals surface area contributed by atoms with Crippen molar-refractivity contribution in [2.24, 2.45) is 0 Å². The van der Waals surface area contributed by atoms with Crippen molar-refractivity contribution >= 4 is 29.1 Å². The molecule has 2 aromatic carbocycles. The van der Waals surface area contributed by atoms with E-state index in [1.54, 1.807) is 37.3 Å². The summed E-state index contributed by atoms with van der Waals surface area (Å²) in [7, 11) is 3.31. The molecule has 0 unspecified atom stereocenters. The average molecular weight is 354 g/mol. The Morgan fingerprint density at radius 2 is 1.87 bits per heavy atom. The molecule has 0 fully saturated rings. The fourth-order valence-corrected chi connectivity index (χ4v) is 2.48. The zero-order chi connectivity index (χ0) is 16.8. The molecule has 0 heterocycles. The highest BCUT2D eigenvalue weighted by molar-refractivity contribution is 6.35. The summed E-state index contributed by atoms with van der Waals surface area (Å²) in [5, 5.41) is 0.889. The number of para-hydroxylation sites is 1. The lowest BCUT2D eigenvalue weighted by molar-refractivity contribution is -0.132. The van der Waals surface area contributed by atoms with Crippen LogP contribution in [0.25, 0.3) is 0 Å². The number of carbonyl (C=O) groups excluding carboxylic acids is 1. The van der Waals surface area contributed by atoms with Crippen LogP contribution in [-0.4, -0.2) is 31.6 Å². The van der Waals surface area contributed by atoms with Gasteiger partial charge in [0.05, 0.1) is 12.1 Å². The molecule has 0 saturated heterocycles. The van der Waals surface area contributed by atoms with Crippen LogP contribution >= 0.6 is 23.2 Å². The molecule has 2 rings (SSSR count). The number of halogens is 2. The highest BCUT2D eigenvalue weighted by Crippen LogP contribution is 2.27. The zero-order valence-electron chi connectivity index (χ0n) is 12.9. The molecule has 0 bridgehead atoms. The maximum absolute atomic E-state index is 12.2. The van der Waals surface area contributed by atoms with Crippen molar-refractivity contribution in [3.05, 3.63) is 58.1 Å². The van der Waals surface area contributed by atoms with Gasteiger partial charge in [0.15, 0.2) is 6.61 Å². The normalized spacial score (nSPS) is 10.3. The van der Waals surface area contributed by atoms with Gasteiger partial charge in [0.25, 0.3) is 5.91 Å². The van der Waals surface area contributed by atoms with Gasteiger partial charge < -0.3 is 14.4 Å². The van der Waals surface area contributed by atoms with Crippen LogP contribution in [0, 0.1) is 0 Å². The molecular weight excluding hydrogens is 337 g/mol. The van der Waals surface area contributed by atoms with Gasteiger partial charge in [0.2, 0.25) is 0 Å². The van der Waals surface area contributed by atoms with Gasteiger partial charge in [-0.05, 0) is 24.3 Å². The second-order valence-electron chi connectivity index (χ2n) is 4.93. The van der Waals surface area contributed by atoms with Gasteiger partial charge in [-0.3, -0.25) is 4.79 Å². The van der Waals surface area contributed by atoms with Crippen LogP contribution in [0.3, 0.4) is 0 Å². The topological polar surface area (TPSA) is 38.8 Å². The third-order valence-electron chi connectivity index (χ3n) is 3.27. The van der Waals surface area contributed by atoms with E-state index < -0.39 is 0 Å². The number of amides is 1. The Hall–Kier alpha value is -1.91. The number of likely N-dealkylation sites (N-methyl/N-ethyl adjacent to an activating group) is 1. The third kappa shape index (κ3) is 4.78. The van der Waals surface area contributed by atoms with Crippen molar-refractivity contribution in [2.75, 3.05) is 20.8 Å². The monoisotopic (exact) mass is 353 g/mol. The summed E-state index contributed by atoms with van der Waals surface area (Å²) in [6.07, 6.45) is 0. The summed E-state index contributed by atoms with van der Waals surface area (Å²) >= 11 is 11.8. The molecule has 0 aliphatic rings. The number of benzene rings is 2. The molecule has 0 saturated carbocycles. The number of carbonyl (C=O) groups is 1. The van der Waals surface area contributed by atoms with Gasteiger partial charge in [0, 0.05) is 24.2 Å². The van der Waals surface area contributed by atoms with E-state index in [0.717, 1.165) is 11.3 Å². The van der Waals surface area contributed by atoms with Crippen LogP contribution in [0.2, 0.25) is 10.0 Å². The second kappa shape index (κ2) is 8.09. The number of ether oxygens (including phenoxy) is 2. The molecule has 122 valence electrons. The minimum atomic E-state index is -0.165. The van der Waals surface area contributed by atoms with E-state index >= 15 is 0 Å². The van der Waals surface area contributed by atoms with Crippen molar-refractivity contribution in [1.82, 2.24) is 4.90 Å². The van der Waals surface area contributed by atoms with E-state index in [1.165, 1.54) is 0 Å². The molecule has 0 atom stereocenters. The molecule has 0 aliphatic heterocycles. The van der Waals surface area contributed by atoms with Crippen LogP contribution in [0.1, 0.15) is 5.56 Å². The predicted octanol–water partition coefficient (Wildman–Crippen LogP) is 4.04. The Morgan fingerprint density at radius 1 is 1.13 bits per heavy atom. The first kappa shape index (κ1) is 17.4. The Balaban J connectivity index is 1.95. The van der Waals surface area contributed by atoms with Crippen LogP contribution in [0.5, 0.6) is 11.5 Å². The van der Waals surface area contributed by atoms with E-state index in [2.05, 4.69) is 0 Å². The summed E-state index contributed by atoms with van der Waals surface area (Å²) in [6.45, 7) is 0.327. The van der Waals surface area contributed by atoms with Crippen LogP contribution in [-0.2, 0) is 11.3 Å². The number of hydrogen-bond acceptors (Lipinski definition) is 3. The average Bonchev–Trinajstić information content (AvgIpc) is 2.54. The van der Waals surface area contributed by atoms with E-state index in [9.17, 15) is 4.79 Å². The summed E-state index contributed by atoms with van der Waals surface area (Å²) < 4.78 is 10.7. The molecule has 0 aliphatic carbocycles. The Kier molecular flexibility index (Phi) is 6.13. The van der Waals surface area contributed by atoms with Crippen molar-refractivity contribution in [2.45, 2.75) is 6.54 Å². The predicted molar refractivity (Wildman–Crippen MR) is 91.4 cm³/mol. The summed E-state index contributed by atoms with van der Waals surface area (Å²) in [5.74, 6) is 1.01. The fraction of sp³-hybridized carbons (Fsp3) is 0.235. The lowest BCUT2D eigenvalue weighted by Gasteiger charge is -2.19. The molecule has 0 N–H and O–H groups in total. The molecule has 23 heavy (non-hydrogen) atoms. The first-order valence-electron chi connectivity index (χ1n) is 6.95. The smallest absolute Gasteiger partial charge is 0.260 e. The highest BCUT2D eigenvalue weighted by atomic mass is 35.5. The van der Waals surface area contributed by atoms with E-state index in [4.69, 9.17) is 32.7 Å². The standard InChI is InChI=1S/C17H17Cl2NO3/c1-20(10-12-5-3-4-6-15(12)22-2)17(21)11-23-16-8-7-13(18)9-14(16)19/h3-9H,10-11H2,1-2H3. The maximum atomic E-state index is 12.2. The summed E-state index contributed by atoms with van der Waals surface area (Å²) in [4.78, 5) is 13.8. The van der Waals surface area contributed by atoms with E-state index in [-0.39, 0.29) is 12.5 Å². The molecular formula is C17H17Cl2NO3. The number of hydrogen-bond donors (Lipinski definition) is 0. The first-order valence-corrected chi connectivity index (χ1v) is 7.70. The van der Waals surface area contributed by atoms with Crippen LogP contribution in [0.15, 0.2) is 42.5 Å². The lowest BCUT2D eigenvalue weighted by Crippen LogP contribution is -2.31. The minimum absolute atomic E-state index is 0.104. The van der Waals surface area contributed by atoms with Gasteiger partial charge >= 0.3 is 0 Å². The Bertz CT molecular complexity index is 691. The van der Waals surface area contributed by atoms with Crippen molar-refractivity contribution in [1.29, 1.82) is 0 Å². The van der Waals surface area contributed by atoms with Gasteiger partial charge in [-0.25, -0.2) is 0 Å². The van der Waals surface area contributed by atoms with Crippen molar-refractivity contribution in [3.63, 3.8) is 0 Å². The molecule has 0 aromatic heterocycles. The lowest BCUT2D eigenvalue weighted by atomic mass is 10.2. The molecule has 6 heteroatoms. The quantitative estimate of drug-likeness (QED) is 0.786. The number of methoxy groups -OCH3 is 1. The van der Waals surface area contributed by atoms with Crippen LogP contribution in [0.4, 0.5) is 0 Å². The highest BCUT2D eigenvalue weighted by Gasteiger charge is 2.13. The number of nitrogens with zero attached hydrogens (tertiary/aromatic N) is 1. The maximum Gasteiger partial charge on any atom is 0.260 e. The Morgan fingerprint density at radius 3 is 2.57 bits per heavy atom. The van der Waals surface area contributed by atoms with E-state index in [1.807, 2.05) is 24.3 Å². The SMILES string of the molecule is COc1ccccc1CN(C)C(=O)COc1ccc(Cl)cc1Cl. The Labute approximate surface area is 145 Å². The molecule has 0 radical (unpaired) electrons. The van der Waals surface area contributed by atoms with Gasteiger partial charge in [-0.2, -0.15) is 0 Å². The van der Waals surface area contributed by atoms with Gasteiger partial charge in [-0.1, -0.05) is 41.4 Å². The molecule has 0 spiro atoms. The van der Waals surface area contributed by atoms with Crippen molar-refractivity contribution < 1.29 is 14.3 Å². The summed E-state index contributed by atoms with van der Waals surface area (Å²) in [5.41, 5.74) is 0.926. The van der Waals surface area contributed by atoms with Crippen molar-refractivity contribution in [3.8, 4) is 11.5 Å². The van der Waals surface area contributed by atoms with Gasteiger partial charge in [0.1, 0.15) is 11.5 Å².